The number of pyridine rings is 1. The van der Waals surface area contributed by atoms with Gasteiger partial charge in [-0.15, -0.1) is 0 Å². The van der Waals surface area contributed by atoms with Gasteiger partial charge in [0.1, 0.15) is 0 Å². The number of benzene rings is 1. The number of aromatic nitrogens is 1. The molecule has 0 aliphatic rings. The monoisotopic (exact) mass is 303 g/mol. The van der Waals surface area contributed by atoms with Crippen LogP contribution in [0.15, 0.2) is 48.7 Å². The largest absolute Gasteiger partial charge is 0.260 e. The first kappa shape index (κ1) is 15.7. The highest BCUT2D eigenvalue weighted by molar-refractivity contribution is 7.90. The summed E-state index contributed by atoms with van der Waals surface area (Å²) in [7, 11) is -3.18. The van der Waals surface area contributed by atoms with E-state index in [2.05, 4.69) is 4.98 Å². The van der Waals surface area contributed by atoms with Gasteiger partial charge in [-0.3, -0.25) is 4.98 Å². The van der Waals surface area contributed by atoms with E-state index < -0.39 is 9.84 Å². The van der Waals surface area contributed by atoms with Crippen molar-refractivity contribution in [3.63, 3.8) is 0 Å². The molecule has 112 valence electrons. The lowest BCUT2D eigenvalue weighted by molar-refractivity contribution is 0.589. The Bertz CT molecular complexity index is 681. The number of aryl methyl sites for hydroxylation is 1. The summed E-state index contributed by atoms with van der Waals surface area (Å²) < 4.78 is 24.8. The molecule has 0 aliphatic heterocycles. The van der Waals surface area contributed by atoms with Gasteiger partial charge in [-0.1, -0.05) is 50.2 Å². The fourth-order valence-corrected chi connectivity index (χ4v) is 4.20. The second-order valence-corrected chi connectivity index (χ2v) is 7.44. The summed E-state index contributed by atoms with van der Waals surface area (Å²) in [6.07, 6.45) is 2.46. The van der Waals surface area contributed by atoms with E-state index in [4.69, 9.17) is 0 Å². The quantitative estimate of drug-likeness (QED) is 0.822. The predicted molar refractivity (Wildman–Crippen MR) is 86.0 cm³/mol. The second-order valence-electron chi connectivity index (χ2n) is 5.33. The van der Waals surface area contributed by atoms with Crippen LogP contribution in [-0.4, -0.2) is 19.2 Å². The Morgan fingerprint density at radius 2 is 1.81 bits per heavy atom. The van der Waals surface area contributed by atoms with Crippen LogP contribution in [0.25, 0.3) is 0 Å². The summed E-state index contributed by atoms with van der Waals surface area (Å²) >= 11 is 0. The third kappa shape index (κ3) is 4.39. The van der Waals surface area contributed by atoms with Crippen molar-refractivity contribution < 1.29 is 8.42 Å². The van der Waals surface area contributed by atoms with Crippen LogP contribution in [0.2, 0.25) is 0 Å². The summed E-state index contributed by atoms with van der Waals surface area (Å²) in [6, 6.07) is 13.5. The van der Waals surface area contributed by atoms with Crippen molar-refractivity contribution in [1.82, 2.24) is 4.98 Å². The normalized spacial score (nSPS) is 13.0. The van der Waals surface area contributed by atoms with Crippen LogP contribution >= 0.6 is 0 Å². The zero-order valence-corrected chi connectivity index (χ0v) is 13.3. The van der Waals surface area contributed by atoms with Gasteiger partial charge < -0.3 is 0 Å². The van der Waals surface area contributed by atoms with E-state index in [0.717, 1.165) is 17.5 Å². The van der Waals surface area contributed by atoms with Crippen molar-refractivity contribution in [1.29, 1.82) is 0 Å². The Hall–Kier alpha value is -1.68. The van der Waals surface area contributed by atoms with Crippen LogP contribution in [0.5, 0.6) is 0 Å². The lowest BCUT2D eigenvalue weighted by Crippen LogP contribution is -2.16. The first-order chi connectivity index (χ1) is 10.0. The standard InChI is InChI=1S/C17H21NO2S/c1-3-15-10-7-11-18-17(15)13-21(19,20)12-14(2)16-8-5-4-6-9-16/h4-11,14H,3,12-13H2,1-2H3. The minimum Gasteiger partial charge on any atom is -0.260 e. The molecular formula is C17H21NO2S. The van der Waals surface area contributed by atoms with Crippen LogP contribution < -0.4 is 0 Å². The zero-order valence-electron chi connectivity index (χ0n) is 12.5. The molecular weight excluding hydrogens is 282 g/mol. The van der Waals surface area contributed by atoms with Gasteiger partial charge in [0.25, 0.3) is 0 Å². The molecule has 1 aromatic carbocycles. The Balaban J connectivity index is 2.12. The minimum atomic E-state index is -3.18. The molecule has 0 spiro atoms. The van der Waals surface area contributed by atoms with Crippen LogP contribution in [-0.2, 0) is 22.0 Å². The zero-order chi connectivity index (χ0) is 15.3. The van der Waals surface area contributed by atoms with Gasteiger partial charge in [0, 0.05) is 6.20 Å². The summed E-state index contributed by atoms with van der Waals surface area (Å²) in [5.41, 5.74) is 2.74. The van der Waals surface area contributed by atoms with Crippen molar-refractivity contribution in [2.75, 3.05) is 5.75 Å². The average molecular weight is 303 g/mol. The lowest BCUT2D eigenvalue weighted by atomic mass is 10.0. The van der Waals surface area contributed by atoms with Gasteiger partial charge in [0.05, 0.1) is 17.2 Å². The van der Waals surface area contributed by atoms with E-state index in [-0.39, 0.29) is 17.4 Å². The van der Waals surface area contributed by atoms with Gasteiger partial charge in [0.2, 0.25) is 0 Å². The summed E-state index contributed by atoms with van der Waals surface area (Å²) in [5.74, 6) is 0.162. The third-order valence-corrected chi connectivity index (χ3v) is 5.32. The van der Waals surface area contributed by atoms with Crippen molar-refractivity contribution in [3.8, 4) is 0 Å². The maximum absolute atomic E-state index is 12.4. The number of hydrogen-bond acceptors (Lipinski definition) is 3. The highest BCUT2D eigenvalue weighted by atomic mass is 32.2. The first-order valence-corrected chi connectivity index (χ1v) is 9.02. The molecule has 0 saturated heterocycles. The van der Waals surface area contributed by atoms with Crippen molar-refractivity contribution in [3.05, 3.63) is 65.5 Å². The molecule has 2 aromatic rings. The summed E-state index contributed by atoms with van der Waals surface area (Å²) in [4.78, 5) is 4.24. The Labute approximate surface area is 127 Å². The van der Waals surface area contributed by atoms with Crippen molar-refractivity contribution >= 4 is 9.84 Å². The Morgan fingerprint density at radius 3 is 2.48 bits per heavy atom. The molecule has 0 aliphatic carbocycles. The number of sulfone groups is 1. The van der Waals surface area contributed by atoms with Crippen LogP contribution in [0.3, 0.4) is 0 Å². The van der Waals surface area contributed by atoms with E-state index in [9.17, 15) is 8.42 Å². The van der Waals surface area contributed by atoms with E-state index in [0.29, 0.717) is 5.69 Å². The topological polar surface area (TPSA) is 47.0 Å². The predicted octanol–water partition coefficient (Wildman–Crippen LogP) is 3.36. The molecule has 1 unspecified atom stereocenters. The molecule has 0 amide bonds. The van der Waals surface area contributed by atoms with E-state index in [1.807, 2.05) is 56.3 Å². The Morgan fingerprint density at radius 1 is 1.10 bits per heavy atom. The average Bonchev–Trinajstić information content (AvgIpc) is 2.47. The van der Waals surface area contributed by atoms with Crippen molar-refractivity contribution in [2.45, 2.75) is 31.9 Å². The minimum absolute atomic E-state index is 0.00927. The third-order valence-electron chi connectivity index (χ3n) is 3.59. The molecule has 0 saturated carbocycles. The highest BCUT2D eigenvalue weighted by Crippen LogP contribution is 2.19. The van der Waals surface area contributed by atoms with Crippen LogP contribution in [0, 0.1) is 0 Å². The molecule has 1 atom stereocenters. The van der Waals surface area contributed by atoms with Crippen LogP contribution in [0.1, 0.15) is 36.6 Å². The molecule has 0 bridgehead atoms. The van der Waals surface area contributed by atoms with E-state index in [1.165, 1.54) is 0 Å². The molecule has 21 heavy (non-hydrogen) atoms. The summed E-state index contributed by atoms with van der Waals surface area (Å²) in [5, 5.41) is 0. The Kier molecular flexibility index (Phi) is 5.12. The van der Waals surface area contributed by atoms with Crippen LogP contribution in [0.4, 0.5) is 0 Å². The molecule has 0 fully saturated rings. The molecule has 4 heteroatoms. The number of hydrogen-bond donors (Lipinski definition) is 0. The summed E-state index contributed by atoms with van der Waals surface area (Å²) in [6.45, 7) is 3.96. The molecule has 0 N–H and O–H groups in total. The van der Waals surface area contributed by atoms with Gasteiger partial charge in [-0.05, 0) is 29.5 Å². The fraction of sp³-hybridized carbons (Fsp3) is 0.353. The maximum Gasteiger partial charge on any atom is 0.156 e. The second kappa shape index (κ2) is 6.85. The first-order valence-electron chi connectivity index (χ1n) is 7.20. The number of nitrogens with zero attached hydrogens (tertiary/aromatic N) is 1. The smallest absolute Gasteiger partial charge is 0.156 e. The molecule has 3 nitrogen and oxygen atoms in total. The van der Waals surface area contributed by atoms with Gasteiger partial charge in [-0.25, -0.2) is 8.42 Å². The number of rotatable bonds is 6. The molecule has 1 heterocycles. The SMILES string of the molecule is CCc1cccnc1CS(=O)(=O)CC(C)c1ccccc1. The molecule has 1 aromatic heterocycles. The highest BCUT2D eigenvalue weighted by Gasteiger charge is 2.19. The van der Waals surface area contributed by atoms with Gasteiger partial charge in [-0.2, -0.15) is 0 Å². The maximum atomic E-state index is 12.4. The van der Waals surface area contributed by atoms with E-state index in [1.54, 1.807) is 6.20 Å². The van der Waals surface area contributed by atoms with Gasteiger partial charge in [0.15, 0.2) is 9.84 Å². The fourth-order valence-electron chi connectivity index (χ4n) is 2.45. The van der Waals surface area contributed by atoms with Gasteiger partial charge >= 0.3 is 0 Å². The molecule has 0 radical (unpaired) electrons. The van der Waals surface area contributed by atoms with E-state index >= 15 is 0 Å². The lowest BCUT2D eigenvalue weighted by Gasteiger charge is -2.13. The molecule has 2 rings (SSSR count). The van der Waals surface area contributed by atoms with Crippen molar-refractivity contribution in [2.24, 2.45) is 0 Å².